The van der Waals surface area contributed by atoms with Crippen LogP contribution in [0, 0.1) is 0 Å². The van der Waals surface area contributed by atoms with E-state index in [2.05, 4.69) is 130 Å². The molecule has 0 aliphatic heterocycles. The van der Waals surface area contributed by atoms with Gasteiger partial charge in [0, 0.05) is 19.3 Å². The molecule has 6 nitrogen and oxygen atoms in total. The van der Waals surface area contributed by atoms with Crippen molar-refractivity contribution in [2.45, 2.75) is 258 Å². The van der Waals surface area contributed by atoms with Crippen LogP contribution in [0.15, 0.2) is 109 Å². The van der Waals surface area contributed by atoms with E-state index >= 15 is 0 Å². The standard InChI is InChI=1S/C63H104O6/c1-4-7-10-13-16-19-22-25-28-30-31-33-36-39-42-45-48-51-54-57-63(66)69-60(58-67-61(64)55-52-49-46-43-40-37-34-27-24-21-18-15-12-9-6-3)59-68-62(65)56-53-50-47-44-41-38-35-32-29-26-23-20-17-14-11-8-5-2/h16-21,25-29,34-35,38,40,43-44,47,60H,4-15,22-24,30-33,36-37,39,41-42,45-46,48-59H2,1-3H3/b19-16-,20-17-,21-18-,28-25-,29-26-,34-27-,38-35-,43-40-,47-44-/t60-/m0/s1. The van der Waals surface area contributed by atoms with Gasteiger partial charge in [0.05, 0.1) is 0 Å². The van der Waals surface area contributed by atoms with Crippen LogP contribution in [0.1, 0.15) is 252 Å². The molecule has 0 bridgehead atoms. The summed E-state index contributed by atoms with van der Waals surface area (Å²) >= 11 is 0. The van der Waals surface area contributed by atoms with Crippen LogP contribution in [-0.2, 0) is 28.6 Å². The van der Waals surface area contributed by atoms with Crippen molar-refractivity contribution in [3.63, 3.8) is 0 Å². The van der Waals surface area contributed by atoms with Crippen LogP contribution in [0.2, 0.25) is 0 Å². The molecule has 69 heavy (non-hydrogen) atoms. The van der Waals surface area contributed by atoms with Gasteiger partial charge in [-0.15, -0.1) is 0 Å². The summed E-state index contributed by atoms with van der Waals surface area (Å²) in [6, 6.07) is 0. The maximum Gasteiger partial charge on any atom is 0.306 e. The van der Waals surface area contributed by atoms with Crippen LogP contribution in [-0.4, -0.2) is 37.2 Å². The van der Waals surface area contributed by atoms with E-state index in [1.165, 1.54) is 122 Å². The van der Waals surface area contributed by atoms with Crippen molar-refractivity contribution in [1.29, 1.82) is 0 Å². The zero-order valence-corrected chi connectivity index (χ0v) is 44.8. The van der Waals surface area contributed by atoms with E-state index in [9.17, 15) is 14.4 Å². The quantitative estimate of drug-likeness (QED) is 0.0262. The van der Waals surface area contributed by atoms with Crippen molar-refractivity contribution < 1.29 is 28.6 Å². The molecule has 0 aromatic carbocycles. The van der Waals surface area contributed by atoms with E-state index in [0.717, 1.165) is 83.5 Å². The molecule has 0 aliphatic rings. The van der Waals surface area contributed by atoms with Crippen molar-refractivity contribution >= 4 is 17.9 Å². The van der Waals surface area contributed by atoms with Crippen LogP contribution in [0.3, 0.4) is 0 Å². The fraction of sp³-hybridized carbons (Fsp3) is 0.667. The largest absolute Gasteiger partial charge is 0.462 e. The molecule has 0 aliphatic carbocycles. The first-order chi connectivity index (χ1) is 34.0. The zero-order valence-electron chi connectivity index (χ0n) is 44.8. The molecule has 392 valence electrons. The highest BCUT2D eigenvalue weighted by molar-refractivity contribution is 5.71. The van der Waals surface area contributed by atoms with E-state index in [1.807, 2.05) is 0 Å². The summed E-state index contributed by atoms with van der Waals surface area (Å²) in [6.45, 7) is 6.47. The van der Waals surface area contributed by atoms with Gasteiger partial charge < -0.3 is 14.2 Å². The summed E-state index contributed by atoms with van der Waals surface area (Å²) in [4.78, 5) is 38.1. The Morgan fingerprint density at radius 3 is 0.899 bits per heavy atom. The molecule has 0 saturated heterocycles. The number of hydrogen-bond acceptors (Lipinski definition) is 6. The molecule has 0 amide bonds. The third-order valence-corrected chi connectivity index (χ3v) is 11.7. The summed E-state index contributed by atoms with van der Waals surface area (Å²) in [7, 11) is 0. The summed E-state index contributed by atoms with van der Waals surface area (Å²) in [5.74, 6) is -1.01. The van der Waals surface area contributed by atoms with E-state index in [4.69, 9.17) is 14.2 Å². The smallest absolute Gasteiger partial charge is 0.306 e. The molecule has 0 heterocycles. The molecule has 0 rings (SSSR count). The van der Waals surface area contributed by atoms with Gasteiger partial charge in [-0.05, 0) is 128 Å². The second-order valence-electron chi connectivity index (χ2n) is 18.5. The maximum atomic E-state index is 12.9. The Morgan fingerprint density at radius 2 is 0.536 bits per heavy atom. The van der Waals surface area contributed by atoms with Gasteiger partial charge in [-0.1, -0.05) is 214 Å². The zero-order chi connectivity index (χ0) is 50.0. The number of carbonyl (C=O) groups excluding carboxylic acids is 3. The summed E-state index contributed by atoms with van der Waals surface area (Å²) in [6.07, 6.45) is 76.5. The van der Waals surface area contributed by atoms with Crippen molar-refractivity contribution in [2.24, 2.45) is 0 Å². The van der Waals surface area contributed by atoms with Gasteiger partial charge in [-0.3, -0.25) is 14.4 Å². The van der Waals surface area contributed by atoms with Crippen LogP contribution in [0.5, 0.6) is 0 Å². The molecule has 0 unspecified atom stereocenters. The highest BCUT2D eigenvalue weighted by atomic mass is 16.6. The van der Waals surface area contributed by atoms with Crippen molar-refractivity contribution in [1.82, 2.24) is 0 Å². The Kier molecular flexibility index (Phi) is 53.4. The van der Waals surface area contributed by atoms with Crippen molar-refractivity contribution in [3.05, 3.63) is 109 Å². The van der Waals surface area contributed by atoms with Crippen LogP contribution < -0.4 is 0 Å². The van der Waals surface area contributed by atoms with Gasteiger partial charge >= 0.3 is 17.9 Å². The lowest BCUT2D eigenvalue weighted by Gasteiger charge is -2.18. The van der Waals surface area contributed by atoms with E-state index < -0.39 is 6.10 Å². The summed E-state index contributed by atoms with van der Waals surface area (Å²) in [5.41, 5.74) is 0. The minimum absolute atomic E-state index is 0.118. The number of unbranched alkanes of at least 4 members (excludes halogenated alkanes) is 21. The highest BCUT2D eigenvalue weighted by Crippen LogP contribution is 2.14. The Balaban J connectivity index is 4.53. The SMILES string of the molecule is CCCCC/C=C\C/C=C\C/C=C\C/C=C\CCCC(=O)OC[C@H](COC(=O)CCCC/C=C\C/C=C\C/C=C\CCCCC)OC(=O)CCCCCCCCCCC/C=C\C/C=C\CCCCC. The molecule has 0 spiro atoms. The van der Waals surface area contributed by atoms with Crippen molar-refractivity contribution in [3.8, 4) is 0 Å². The van der Waals surface area contributed by atoms with Gasteiger partial charge in [0.25, 0.3) is 0 Å². The number of ether oxygens (including phenoxy) is 3. The number of esters is 3. The Hall–Kier alpha value is -3.93. The van der Waals surface area contributed by atoms with Crippen LogP contribution in [0.4, 0.5) is 0 Å². The lowest BCUT2D eigenvalue weighted by molar-refractivity contribution is -0.167. The molecular formula is C63H104O6. The predicted molar refractivity (Wildman–Crippen MR) is 297 cm³/mol. The van der Waals surface area contributed by atoms with Crippen molar-refractivity contribution in [2.75, 3.05) is 13.2 Å². The molecule has 0 fully saturated rings. The monoisotopic (exact) mass is 957 g/mol. The van der Waals surface area contributed by atoms with Gasteiger partial charge in [0.1, 0.15) is 13.2 Å². The van der Waals surface area contributed by atoms with E-state index in [-0.39, 0.29) is 37.5 Å². The maximum absolute atomic E-state index is 12.9. The molecule has 6 heteroatoms. The van der Waals surface area contributed by atoms with Gasteiger partial charge in [-0.25, -0.2) is 0 Å². The Labute approximate surface area is 425 Å². The lowest BCUT2D eigenvalue weighted by atomic mass is 10.1. The first-order valence-corrected chi connectivity index (χ1v) is 28.4. The van der Waals surface area contributed by atoms with Crippen LogP contribution in [0.25, 0.3) is 0 Å². The fourth-order valence-corrected chi connectivity index (χ4v) is 7.41. The first-order valence-electron chi connectivity index (χ1n) is 28.4. The predicted octanol–water partition coefficient (Wildman–Crippen LogP) is 19.1. The summed E-state index contributed by atoms with van der Waals surface area (Å²) in [5, 5.41) is 0. The van der Waals surface area contributed by atoms with E-state index in [0.29, 0.717) is 19.3 Å². The third-order valence-electron chi connectivity index (χ3n) is 11.7. The topological polar surface area (TPSA) is 78.9 Å². The molecule has 1 atom stereocenters. The second-order valence-corrected chi connectivity index (χ2v) is 18.5. The average Bonchev–Trinajstić information content (AvgIpc) is 3.35. The number of hydrogen-bond donors (Lipinski definition) is 0. The van der Waals surface area contributed by atoms with Crippen LogP contribution >= 0.6 is 0 Å². The minimum atomic E-state index is -0.820. The molecule has 0 N–H and O–H groups in total. The summed E-state index contributed by atoms with van der Waals surface area (Å²) < 4.78 is 16.8. The lowest BCUT2D eigenvalue weighted by Crippen LogP contribution is -2.30. The van der Waals surface area contributed by atoms with Gasteiger partial charge in [-0.2, -0.15) is 0 Å². The molecule has 0 aromatic heterocycles. The molecule has 0 radical (unpaired) electrons. The molecule has 0 aromatic rings. The highest BCUT2D eigenvalue weighted by Gasteiger charge is 2.19. The number of allylic oxidation sites excluding steroid dienone is 18. The molecule has 0 saturated carbocycles. The fourth-order valence-electron chi connectivity index (χ4n) is 7.41. The Bertz CT molecular complexity index is 1420. The van der Waals surface area contributed by atoms with Gasteiger partial charge in [0.15, 0.2) is 6.10 Å². The van der Waals surface area contributed by atoms with E-state index in [1.54, 1.807) is 0 Å². The third kappa shape index (κ3) is 54.9. The molecular weight excluding hydrogens is 853 g/mol. The normalized spacial score (nSPS) is 12.9. The second kappa shape index (κ2) is 56.7. The minimum Gasteiger partial charge on any atom is -0.462 e. The number of rotatable bonds is 50. The van der Waals surface area contributed by atoms with Gasteiger partial charge in [0.2, 0.25) is 0 Å². The first kappa shape index (κ1) is 65.1. The number of carbonyl (C=O) groups is 3. The Morgan fingerprint density at radius 1 is 0.290 bits per heavy atom. The average molecular weight is 958 g/mol.